The van der Waals surface area contributed by atoms with Gasteiger partial charge in [-0.05, 0) is 12.8 Å². The van der Waals surface area contributed by atoms with E-state index >= 15 is 0 Å². The number of nitrogens with zero attached hydrogens (tertiary/aromatic N) is 3. The van der Waals surface area contributed by atoms with Gasteiger partial charge in [0.05, 0.1) is 23.7 Å². The molecule has 1 saturated carbocycles. The maximum absolute atomic E-state index is 12.2. The van der Waals surface area contributed by atoms with Crippen molar-refractivity contribution < 1.29 is 17.9 Å². The molecule has 0 bridgehead atoms. The van der Waals surface area contributed by atoms with E-state index < -0.39 is 10.0 Å². The van der Waals surface area contributed by atoms with Crippen molar-refractivity contribution in [1.29, 1.82) is 0 Å². The van der Waals surface area contributed by atoms with Crippen LogP contribution in [0.25, 0.3) is 0 Å². The van der Waals surface area contributed by atoms with Gasteiger partial charge in [-0.2, -0.15) is 4.31 Å². The molecular formula is C14H19N3O4S. The van der Waals surface area contributed by atoms with Crippen molar-refractivity contribution in [3.8, 4) is 5.88 Å². The number of ether oxygens (including phenoxy) is 2. The standard InChI is InChI=1S/C14H19N3O4S/c18-22(19,12-1-2-12)17-9-14(10-17)7-11(3-6-20-14)21-13-8-15-4-5-16-13/h4-5,8,11-12H,1-3,6-7,9-10H2/t11-/m0/s1. The Labute approximate surface area is 129 Å². The molecule has 0 amide bonds. The summed E-state index contributed by atoms with van der Waals surface area (Å²) in [5.41, 5.74) is -0.382. The molecule has 4 rings (SSSR count). The first-order valence-corrected chi connectivity index (χ1v) is 9.13. The third kappa shape index (κ3) is 2.59. The van der Waals surface area contributed by atoms with Gasteiger partial charge in [0.1, 0.15) is 6.10 Å². The third-order valence-corrected chi connectivity index (χ3v) is 6.80. The predicted molar refractivity (Wildman–Crippen MR) is 77.9 cm³/mol. The van der Waals surface area contributed by atoms with E-state index in [1.807, 2.05) is 0 Å². The number of hydrogen-bond donors (Lipinski definition) is 0. The summed E-state index contributed by atoms with van der Waals surface area (Å²) in [5, 5.41) is -0.153. The van der Waals surface area contributed by atoms with E-state index in [1.54, 1.807) is 22.9 Å². The second-order valence-electron chi connectivity index (χ2n) is 6.32. The van der Waals surface area contributed by atoms with Gasteiger partial charge in [-0.1, -0.05) is 0 Å². The average Bonchev–Trinajstić information content (AvgIpc) is 3.31. The maximum Gasteiger partial charge on any atom is 0.232 e. The molecule has 0 aromatic carbocycles. The van der Waals surface area contributed by atoms with Gasteiger partial charge in [-0.15, -0.1) is 0 Å². The van der Waals surface area contributed by atoms with Crippen molar-refractivity contribution in [3.63, 3.8) is 0 Å². The molecule has 1 atom stereocenters. The minimum Gasteiger partial charge on any atom is -0.473 e. The molecule has 8 heteroatoms. The molecule has 7 nitrogen and oxygen atoms in total. The molecule has 3 heterocycles. The molecule has 1 aromatic rings. The Bertz CT molecular complexity index is 641. The lowest BCUT2D eigenvalue weighted by Gasteiger charge is -2.52. The Hall–Kier alpha value is -1.25. The Morgan fingerprint density at radius 2 is 2.09 bits per heavy atom. The monoisotopic (exact) mass is 325 g/mol. The third-order valence-electron chi connectivity index (χ3n) is 4.51. The van der Waals surface area contributed by atoms with Gasteiger partial charge < -0.3 is 9.47 Å². The van der Waals surface area contributed by atoms with E-state index in [9.17, 15) is 8.42 Å². The first kappa shape index (κ1) is 14.3. The average molecular weight is 325 g/mol. The highest BCUT2D eigenvalue weighted by atomic mass is 32.2. The van der Waals surface area contributed by atoms with Crippen LogP contribution in [0.3, 0.4) is 0 Å². The fraction of sp³-hybridized carbons (Fsp3) is 0.714. The normalized spacial score (nSPS) is 28.3. The number of rotatable bonds is 4. The SMILES string of the molecule is O=S(=O)(C1CC1)N1CC2(C[C@@H](Oc3cnccn3)CCO2)C1. The van der Waals surface area contributed by atoms with Gasteiger partial charge in [0.2, 0.25) is 15.9 Å². The molecule has 0 N–H and O–H groups in total. The van der Waals surface area contributed by atoms with Crippen LogP contribution in [0.4, 0.5) is 0 Å². The lowest BCUT2D eigenvalue weighted by atomic mass is 9.86. The van der Waals surface area contributed by atoms with Crippen LogP contribution in [0.5, 0.6) is 5.88 Å². The van der Waals surface area contributed by atoms with Crippen LogP contribution in [0, 0.1) is 0 Å². The summed E-state index contributed by atoms with van der Waals surface area (Å²) in [5.74, 6) is 0.506. The van der Waals surface area contributed by atoms with Crippen LogP contribution >= 0.6 is 0 Å². The highest BCUT2D eigenvalue weighted by Crippen LogP contribution is 2.41. The van der Waals surface area contributed by atoms with Crippen molar-refractivity contribution in [2.75, 3.05) is 19.7 Å². The van der Waals surface area contributed by atoms with Gasteiger partial charge >= 0.3 is 0 Å². The quantitative estimate of drug-likeness (QED) is 0.805. The van der Waals surface area contributed by atoms with Gasteiger partial charge in [0.15, 0.2) is 0 Å². The summed E-state index contributed by atoms with van der Waals surface area (Å²) in [7, 11) is -3.09. The minimum absolute atomic E-state index is 0.00349. The van der Waals surface area contributed by atoms with Crippen molar-refractivity contribution in [3.05, 3.63) is 18.6 Å². The van der Waals surface area contributed by atoms with Crippen molar-refractivity contribution in [2.45, 2.75) is 42.6 Å². The summed E-state index contributed by atoms with van der Waals surface area (Å²) in [6, 6.07) is 0. The van der Waals surface area contributed by atoms with E-state index in [0.717, 1.165) is 19.3 Å². The zero-order chi connectivity index (χ0) is 15.2. The van der Waals surface area contributed by atoms with E-state index in [4.69, 9.17) is 9.47 Å². The second kappa shape index (κ2) is 5.14. The van der Waals surface area contributed by atoms with Crippen LogP contribution < -0.4 is 4.74 Å². The molecule has 0 unspecified atom stereocenters. The molecule has 1 spiro atoms. The highest BCUT2D eigenvalue weighted by molar-refractivity contribution is 7.90. The Kier molecular flexibility index (Phi) is 3.35. The molecule has 3 aliphatic rings. The van der Waals surface area contributed by atoms with Crippen LogP contribution in [0.1, 0.15) is 25.7 Å². The Morgan fingerprint density at radius 1 is 1.27 bits per heavy atom. The smallest absolute Gasteiger partial charge is 0.232 e. The molecular weight excluding hydrogens is 306 g/mol. The first-order chi connectivity index (χ1) is 10.6. The zero-order valence-electron chi connectivity index (χ0n) is 12.2. The van der Waals surface area contributed by atoms with Crippen LogP contribution in [0.15, 0.2) is 18.6 Å². The van der Waals surface area contributed by atoms with Crippen LogP contribution in [-0.4, -0.2) is 59.3 Å². The van der Waals surface area contributed by atoms with Gasteiger partial charge in [0.25, 0.3) is 0 Å². The number of aromatic nitrogens is 2. The predicted octanol–water partition coefficient (Wildman–Crippen LogP) is 0.581. The molecule has 3 fully saturated rings. The molecule has 0 radical (unpaired) electrons. The van der Waals surface area contributed by atoms with Crippen LogP contribution in [-0.2, 0) is 14.8 Å². The fourth-order valence-electron chi connectivity index (χ4n) is 3.17. The van der Waals surface area contributed by atoms with Gasteiger partial charge in [-0.3, -0.25) is 4.98 Å². The molecule has 22 heavy (non-hydrogen) atoms. The number of hydrogen-bond acceptors (Lipinski definition) is 6. The largest absolute Gasteiger partial charge is 0.473 e. The van der Waals surface area contributed by atoms with E-state index in [2.05, 4.69) is 9.97 Å². The van der Waals surface area contributed by atoms with Crippen LogP contribution in [0.2, 0.25) is 0 Å². The topological polar surface area (TPSA) is 81.6 Å². The second-order valence-corrected chi connectivity index (χ2v) is 8.53. The molecule has 2 aliphatic heterocycles. The zero-order valence-corrected chi connectivity index (χ0v) is 13.0. The van der Waals surface area contributed by atoms with Crippen molar-refractivity contribution in [1.82, 2.24) is 14.3 Å². The van der Waals surface area contributed by atoms with E-state index in [0.29, 0.717) is 32.0 Å². The van der Waals surface area contributed by atoms with Crippen molar-refractivity contribution >= 4 is 10.0 Å². The first-order valence-electron chi connectivity index (χ1n) is 7.63. The van der Waals surface area contributed by atoms with Crippen molar-refractivity contribution in [2.24, 2.45) is 0 Å². The lowest BCUT2D eigenvalue weighted by Crippen LogP contribution is -2.67. The number of sulfonamides is 1. The summed E-state index contributed by atoms with van der Waals surface area (Å²) < 4.78 is 37.7. The molecule has 1 aliphatic carbocycles. The van der Waals surface area contributed by atoms with Gasteiger partial charge in [0, 0.05) is 38.3 Å². The molecule has 2 saturated heterocycles. The fourth-order valence-corrected chi connectivity index (χ4v) is 5.16. The molecule has 1 aromatic heterocycles. The van der Waals surface area contributed by atoms with E-state index in [-0.39, 0.29) is 17.0 Å². The Morgan fingerprint density at radius 3 is 2.77 bits per heavy atom. The maximum atomic E-state index is 12.2. The highest BCUT2D eigenvalue weighted by Gasteiger charge is 2.55. The van der Waals surface area contributed by atoms with Gasteiger partial charge in [-0.25, -0.2) is 13.4 Å². The summed E-state index contributed by atoms with van der Waals surface area (Å²) in [6.07, 6.45) is 7.86. The summed E-state index contributed by atoms with van der Waals surface area (Å²) >= 11 is 0. The lowest BCUT2D eigenvalue weighted by molar-refractivity contribution is -0.165. The Balaban J connectivity index is 1.38. The summed E-state index contributed by atoms with van der Waals surface area (Å²) in [4.78, 5) is 8.10. The van der Waals surface area contributed by atoms with E-state index in [1.165, 1.54) is 0 Å². The molecule has 120 valence electrons. The minimum atomic E-state index is -3.09. The summed E-state index contributed by atoms with van der Waals surface area (Å²) in [6.45, 7) is 1.49.